The molecule has 0 aliphatic carbocycles. The maximum atomic E-state index is 12.2. The summed E-state index contributed by atoms with van der Waals surface area (Å²) in [7, 11) is -3.81. The lowest BCUT2D eigenvalue weighted by Crippen LogP contribution is -2.03. The standard InChI is InChI=1S/C13H5Cl7O2S/c1-23(21,22)13-6(9(17)10(18)11(19)12(13)20)4-2-3-5(14)8(16)7(4)15/h2-3H,1H3. The van der Waals surface area contributed by atoms with Crippen LogP contribution < -0.4 is 0 Å². The predicted molar refractivity (Wildman–Crippen MR) is 100 cm³/mol. The fraction of sp³-hybridized carbons (Fsp3) is 0.0769. The van der Waals surface area contributed by atoms with Gasteiger partial charge >= 0.3 is 0 Å². The molecule has 0 unspecified atom stereocenters. The van der Waals surface area contributed by atoms with Crippen molar-refractivity contribution in [2.75, 3.05) is 6.26 Å². The number of sulfone groups is 1. The monoisotopic (exact) mass is 470 g/mol. The highest BCUT2D eigenvalue weighted by molar-refractivity contribution is 7.91. The van der Waals surface area contributed by atoms with Crippen molar-refractivity contribution < 1.29 is 8.42 Å². The topological polar surface area (TPSA) is 34.1 Å². The summed E-state index contributed by atoms with van der Waals surface area (Å²) in [6.07, 6.45) is 0.962. The summed E-state index contributed by atoms with van der Waals surface area (Å²) in [6, 6.07) is 2.91. The van der Waals surface area contributed by atoms with E-state index < -0.39 is 9.84 Å². The van der Waals surface area contributed by atoms with Crippen molar-refractivity contribution in [3.8, 4) is 11.1 Å². The molecule has 2 aromatic rings. The third kappa shape index (κ3) is 3.54. The molecule has 2 aromatic carbocycles. The molecule has 0 bridgehead atoms. The molecule has 0 aromatic heterocycles. The fourth-order valence-corrected chi connectivity index (χ4v) is 5.05. The van der Waals surface area contributed by atoms with Crippen molar-refractivity contribution in [3.63, 3.8) is 0 Å². The molecule has 0 radical (unpaired) electrons. The van der Waals surface area contributed by atoms with Gasteiger partial charge in [-0.05, 0) is 6.07 Å². The van der Waals surface area contributed by atoms with Crippen LogP contribution in [-0.2, 0) is 9.84 Å². The van der Waals surface area contributed by atoms with Crippen LogP contribution in [-0.4, -0.2) is 14.7 Å². The summed E-state index contributed by atoms with van der Waals surface area (Å²) in [6.45, 7) is 0. The lowest BCUT2D eigenvalue weighted by Gasteiger charge is -2.17. The third-order valence-electron chi connectivity index (χ3n) is 2.90. The maximum absolute atomic E-state index is 12.2. The molecule has 0 N–H and O–H groups in total. The zero-order valence-corrected chi connectivity index (χ0v) is 17.1. The van der Waals surface area contributed by atoms with Crippen molar-refractivity contribution >= 4 is 91.0 Å². The van der Waals surface area contributed by atoms with Gasteiger partial charge in [0.25, 0.3) is 0 Å². The molecule has 0 heterocycles. The number of hydrogen-bond donors (Lipinski definition) is 0. The lowest BCUT2D eigenvalue weighted by atomic mass is 10.1. The second kappa shape index (κ2) is 6.97. The van der Waals surface area contributed by atoms with E-state index in [4.69, 9.17) is 81.2 Å². The molecular weight excluding hydrogens is 468 g/mol. The van der Waals surface area contributed by atoms with Crippen LogP contribution in [0.5, 0.6) is 0 Å². The van der Waals surface area contributed by atoms with E-state index in [0.717, 1.165) is 6.26 Å². The Balaban J connectivity index is 3.07. The Hall–Kier alpha value is 0.420. The van der Waals surface area contributed by atoms with Gasteiger partial charge in [0.05, 0.1) is 40.1 Å². The summed E-state index contributed by atoms with van der Waals surface area (Å²) in [5, 5.41) is -0.364. The van der Waals surface area contributed by atoms with Crippen LogP contribution in [0.4, 0.5) is 0 Å². The van der Waals surface area contributed by atoms with E-state index in [1.165, 1.54) is 12.1 Å². The quantitative estimate of drug-likeness (QED) is 0.338. The second-order valence-electron chi connectivity index (χ2n) is 4.46. The number of benzene rings is 2. The molecule has 0 atom stereocenters. The van der Waals surface area contributed by atoms with Gasteiger partial charge in [-0.15, -0.1) is 0 Å². The molecule has 23 heavy (non-hydrogen) atoms. The summed E-state index contributed by atoms with van der Waals surface area (Å²) in [5.41, 5.74) is 0.226. The van der Waals surface area contributed by atoms with Crippen molar-refractivity contribution in [2.24, 2.45) is 0 Å². The minimum Gasteiger partial charge on any atom is -0.224 e. The SMILES string of the molecule is CS(=O)(=O)c1c(Cl)c(Cl)c(Cl)c(Cl)c1-c1ccc(Cl)c(Cl)c1Cl. The highest BCUT2D eigenvalue weighted by atomic mass is 35.5. The summed E-state index contributed by atoms with van der Waals surface area (Å²) in [4.78, 5) is -0.293. The second-order valence-corrected chi connectivity index (χ2v) is 9.08. The zero-order valence-electron chi connectivity index (χ0n) is 11.0. The Morgan fingerprint density at radius 1 is 0.696 bits per heavy atom. The molecule has 0 aliphatic rings. The minimum atomic E-state index is -3.81. The van der Waals surface area contributed by atoms with Gasteiger partial charge in [-0.1, -0.05) is 87.3 Å². The molecule has 2 nitrogen and oxygen atoms in total. The van der Waals surface area contributed by atoms with Crippen LogP contribution in [0.25, 0.3) is 11.1 Å². The molecule has 0 spiro atoms. The first kappa shape index (κ1) is 19.7. The number of rotatable bonds is 2. The van der Waals surface area contributed by atoms with Gasteiger partial charge in [0.15, 0.2) is 9.84 Å². The fourth-order valence-electron chi connectivity index (χ4n) is 1.92. The van der Waals surface area contributed by atoms with Gasteiger partial charge in [0.2, 0.25) is 0 Å². The first-order valence-electron chi connectivity index (χ1n) is 5.68. The van der Waals surface area contributed by atoms with Gasteiger partial charge in [-0.2, -0.15) is 0 Å². The third-order valence-corrected chi connectivity index (χ3v) is 7.26. The Bertz CT molecular complexity index is 923. The molecule has 124 valence electrons. The molecular formula is C13H5Cl7O2S. The number of hydrogen-bond acceptors (Lipinski definition) is 2. The van der Waals surface area contributed by atoms with Crippen molar-refractivity contribution in [2.45, 2.75) is 4.90 Å². The highest BCUT2D eigenvalue weighted by Crippen LogP contribution is 2.50. The molecule has 10 heteroatoms. The number of halogens is 7. The molecule has 2 rings (SSSR count). The van der Waals surface area contributed by atoms with E-state index in [2.05, 4.69) is 0 Å². The normalized spacial score (nSPS) is 11.8. The highest BCUT2D eigenvalue weighted by Gasteiger charge is 2.29. The van der Waals surface area contributed by atoms with Gasteiger partial charge in [0.1, 0.15) is 0 Å². The van der Waals surface area contributed by atoms with E-state index in [1.54, 1.807) is 0 Å². The Kier molecular flexibility index (Phi) is 5.98. The average Bonchev–Trinajstić information content (AvgIpc) is 2.46. The maximum Gasteiger partial charge on any atom is 0.177 e. The van der Waals surface area contributed by atoms with Crippen molar-refractivity contribution in [3.05, 3.63) is 47.3 Å². The smallest absolute Gasteiger partial charge is 0.177 e. The summed E-state index contributed by atoms with van der Waals surface area (Å²) in [5.74, 6) is 0. The predicted octanol–water partition coefficient (Wildman–Crippen LogP) is 7.33. The molecule has 0 aliphatic heterocycles. The van der Waals surface area contributed by atoms with Crippen LogP contribution in [0, 0.1) is 0 Å². The average molecular weight is 473 g/mol. The minimum absolute atomic E-state index is 0.0112. The van der Waals surface area contributed by atoms with E-state index in [1.807, 2.05) is 0 Å². The summed E-state index contributed by atoms with van der Waals surface area (Å²) < 4.78 is 24.4. The first-order valence-corrected chi connectivity index (χ1v) is 10.2. The molecule has 0 saturated carbocycles. The van der Waals surface area contributed by atoms with Gasteiger partial charge in [-0.25, -0.2) is 8.42 Å². The summed E-state index contributed by atoms with van der Waals surface area (Å²) >= 11 is 42.4. The van der Waals surface area contributed by atoms with Crippen LogP contribution in [0.3, 0.4) is 0 Å². The first-order chi connectivity index (χ1) is 10.5. The zero-order chi connectivity index (χ0) is 17.7. The van der Waals surface area contributed by atoms with E-state index in [-0.39, 0.29) is 51.2 Å². The van der Waals surface area contributed by atoms with Crippen LogP contribution in [0.15, 0.2) is 17.0 Å². The lowest BCUT2D eigenvalue weighted by molar-refractivity contribution is 0.602. The van der Waals surface area contributed by atoms with Crippen molar-refractivity contribution in [1.82, 2.24) is 0 Å². The van der Waals surface area contributed by atoms with E-state index in [0.29, 0.717) is 0 Å². The van der Waals surface area contributed by atoms with E-state index in [9.17, 15) is 8.42 Å². The Morgan fingerprint density at radius 2 is 1.22 bits per heavy atom. The molecule has 0 saturated heterocycles. The van der Waals surface area contributed by atoms with Gasteiger partial charge in [0, 0.05) is 17.4 Å². The Labute approximate surface area is 168 Å². The van der Waals surface area contributed by atoms with Crippen LogP contribution in [0.1, 0.15) is 0 Å². The van der Waals surface area contributed by atoms with Crippen molar-refractivity contribution in [1.29, 1.82) is 0 Å². The van der Waals surface area contributed by atoms with Crippen LogP contribution >= 0.6 is 81.2 Å². The molecule has 0 fully saturated rings. The van der Waals surface area contributed by atoms with E-state index >= 15 is 0 Å². The van der Waals surface area contributed by atoms with Gasteiger partial charge in [-0.3, -0.25) is 0 Å². The largest absolute Gasteiger partial charge is 0.224 e. The molecule has 0 amide bonds. The van der Waals surface area contributed by atoms with Gasteiger partial charge < -0.3 is 0 Å². The Morgan fingerprint density at radius 3 is 1.74 bits per heavy atom. The van der Waals surface area contributed by atoms with Crippen LogP contribution in [0.2, 0.25) is 35.2 Å².